The number of carbonyl (C=O) groups excluding carboxylic acids is 2. The van der Waals surface area contributed by atoms with Crippen molar-refractivity contribution in [3.05, 3.63) is 42.5 Å². The van der Waals surface area contributed by atoms with E-state index >= 15 is 0 Å². The van der Waals surface area contributed by atoms with Gasteiger partial charge in [-0.2, -0.15) is 0 Å². The monoisotopic (exact) mass is 579 g/mol. The molecule has 4 rings (SSSR count). The number of rotatable bonds is 11. The fourth-order valence-corrected chi connectivity index (χ4v) is 7.95. The molecule has 0 radical (unpaired) electrons. The van der Waals surface area contributed by atoms with Crippen LogP contribution in [0.1, 0.15) is 19.3 Å². The Labute approximate surface area is 223 Å². The topological polar surface area (TPSA) is 113 Å². The fourth-order valence-electron chi connectivity index (χ4n) is 6.62. The van der Waals surface area contributed by atoms with Gasteiger partial charge in [0.15, 0.2) is 0 Å². The van der Waals surface area contributed by atoms with E-state index in [9.17, 15) is 14.9 Å². The number of esters is 1. The quantitative estimate of drug-likeness (QED) is 0.169. The van der Waals surface area contributed by atoms with Crippen molar-refractivity contribution in [1.82, 2.24) is 0 Å². The summed E-state index contributed by atoms with van der Waals surface area (Å²) in [5.41, 5.74) is -0.700. The molecule has 0 saturated heterocycles. The number of carbonyl (C=O) groups is 2. The first kappa shape index (κ1) is 27.8. The Kier molecular flexibility index (Phi) is 9.41. The second-order valence-electron chi connectivity index (χ2n) is 9.56. The molecule has 0 N–H and O–H groups in total. The first-order valence-electron chi connectivity index (χ1n) is 12.3. The average Bonchev–Trinajstić information content (AvgIpc) is 3.36. The predicted molar refractivity (Wildman–Crippen MR) is 133 cm³/mol. The molecule has 10 heteroatoms. The van der Waals surface area contributed by atoms with Crippen LogP contribution in [0.5, 0.6) is 0 Å². The van der Waals surface area contributed by atoms with Gasteiger partial charge in [-0.1, -0.05) is 0 Å². The standard InChI is InChI=1S/C27H33NO8Se/c1-31-15-34-18-9-11-27-17(13-18)14-21(35-16-32-2)23(27)20(10-12-28)22(25(29)33-3)24(27)36-26(30)37-19-7-5-4-6-8-19/h4-9,11,17-18,20-24H,10,13-16H2,1-3H3/t17-,18-,20-,21-,22-,23-,24-,27+/m0/s1. The van der Waals surface area contributed by atoms with Gasteiger partial charge in [0.05, 0.1) is 0 Å². The molecule has 200 valence electrons. The minimum absolute atomic E-state index is 0.0101. The summed E-state index contributed by atoms with van der Waals surface area (Å²) in [5, 5.41) is 9.75. The number of ether oxygens (including phenoxy) is 6. The van der Waals surface area contributed by atoms with E-state index in [-0.39, 0.29) is 48.9 Å². The summed E-state index contributed by atoms with van der Waals surface area (Å²) >= 11 is -0.593. The summed E-state index contributed by atoms with van der Waals surface area (Å²) in [5.74, 6) is -1.93. The number of hydrogen-bond donors (Lipinski definition) is 0. The molecule has 0 bridgehead atoms. The van der Waals surface area contributed by atoms with Crippen LogP contribution in [0.2, 0.25) is 0 Å². The van der Waals surface area contributed by atoms with Gasteiger partial charge in [-0.15, -0.1) is 0 Å². The zero-order valence-electron chi connectivity index (χ0n) is 21.2. The van der Waals surface area contributed by atoms with E-state index < -0.39 is 44.3 Å². The van der Waals surface area contributed by atoms with Crippen molar-refractivity contribution in [2.45, 2.75) is 37.6 Å². The van der Waals surface area contributed by atoms with Crippen LogP contribution in [0.3, 0.4) is 0 Å². The maximum atomic E-state index is 13.3. The van der Waals surface area contributed by atoms with E-state index in [1.54, 1.807) is 14.2 Å². The number of nitriles is 1. The number of methoxy groups -OCH3 is 3. The molecule has 2 fully saturated rings. The molecule has 1 aromatic carbocycles. The van der Waals surface area contributed by atoms with Gasteiger partial charge in [-0.25, -0.2) is 0 Å². The van der Waals surface area contributed by atoms with Gasteiger partial charge in [0.1, 0.15) is 0 Å². The number of nitrogens with zero attached hydrogens (tertiary/aromatic N) is 1. The molecule has 3 aliphatic rings. The molecule has 37 heavy (non-hydrogen) atoms. The van der Waals surface area contributed by atoms with Gasteiger partial charge in [0.2, 0.25) is 0 Å². The average molecular weight is 579 g/mol. The van der Waals surface area contributed by atoms with Crippen LogP contribution in [0.4, 0.5) is 4.79 Å². The molecule has 9 nitrogen and oxygen atoms in total. The van der Waals surface area contributed by atoms with Crippen molar-refractivity contribution in [2.75, 3.05) is 34.9 Å². The summed E-state index contributed by atoms with van der Waals surface area (Å²) in [4.78, 5) is 26.1. The van der Waals surface area contributed by atoms with E-state index in [0.717, 1.165) is 4.46 Å². The predicted octanol–water partition coefficient (Wildman–Crippen LogP) is 2.41. The normalized spacial score (nSPS) is 33.8. The zero-order chi connectivity index (χ0) is 26.4. The Morgan fingerprint density at radius 1 is 1.08 bits per heavy atom. The van der Waals surface area contributed by atoms with Crippen molar-refractivity contribution in [1.29, 1.82) is 5.26 Å². The molecule has 0 heterocycles. The molecule has 0 amide bonds. The first-order valence-corrected chi connectivity index (χ1v) is 14.0. The molecule has 0 aliphatic heterocycles. The minimum atomic E-state index is -0.790. The third-order valence-corrected chi connectivity index (χ3v) is 9.44. The van der Waals surface area contributed by atoms with Crippen LogP contribution in [-0.2, 0) is 33.2 Å². The molecule has 1 spiro atoms. The first-order chi connectivity index (χ1) is 18.0. The summed E-state index contributed by atoms with van der Waals surface area (Å²) in [6.45, 7) is 0.239. The molecule has 3 aliphatic carbocycles. The van der Waals surface area contributed by atoms with E-state index in [1.807, 2.05) is 42.5 Å². The molecule has 0 aromatic heterocycles. The summed E-state index contributed by atoms with van der Waals surface area (Å²) in [6.07, 6.45) is 4.17. The van der Waals surface area contributed by atoms with E-state index in [0.29, 0.717) is 12.8 Å². The second kappa shape index (κ2) is 12.5. The van der Waals surface area contributed by atoms with Crippen LogP contribution in [0.25, 0.3) is 0 Å². The van der Waals surface area contributed by atoms with Crippen molar-refractivity contribution in [3.8, 4) is 6.07 Å². The molecule has 8 atom stereocenters. The summed E-state index contributed by atoms with van der Waals surface area (Å²) in [7, 11) is 4.45. The Bertz CT molecular complexity index is 1010. The summed E-state index contributed by atoms with van der Waals surface area (Å²) < 4.78 is 34.6. The molecular weight excluding hydrogens is 545 g/mol. The summed E-state index contributed by atoms with van der Waals surface area (Å²) in [6, 6.07) is 11.7. The van der Waals surface area contributed by atoms with Crippen LogP contribution < -0.4 is 4.46 Å². The van der Waals surface area contributed by atoms with Crippen LogP contribution >= 0.6 is 0 Å². The molecule has 0 unspecified atom stereocenters. The third kappa shape index (κ3) is 5.49. The maximum absolute atomic E-state index is 13.3. The number of benzene rings is 1. The molecule has 2 saturated carbocycles. The van der Waals surface area contributed by atoms with Crippen molar-refractivity contribution in [2.24, 2.45) is 29.1 Å². The molecule has 1 aromatic rings. The van der Waals surface area contributed by atoms with Crippen molar-refractivity contribution in [3.63, 3.8) is 0 Å². The van der Waals surface area contributed by atoms with Crippen LogP contribution in [0.15, 0.2) is 42.5 Å². The number of hydrogen-bond acceptors (Lipinski definition) is 9. The van der Waals surface area contributed by atoms with Gasteiger partial charge in [-0.3, -0.25) is 0 Å². The van der Waals surface area contributed by atoms with Gasteiger partial charge in [0.25, 0.3) is 0 Å². The Balaban J connectivity index is 1.75. The van der Waals surface area contributed by atoms with Crippen LogP contribution in [0, 0.1) is 40.4 Å². The second-order valence-corrected chi connectivity index (χ2v) is 11.7. The van der Waals surface area contributed by atoms with E-state index in [2.05, 4.69) is 6.07 Å². The molecular formula is C27H33NO8Se. The van der Waals surface area contributed by atoms with Crippen LogP contribution in [-0.4, -0.2) is 79.0 Å². The van der Waals surface area contributed by atoms with Gasteiger partial charge >= 0.3 is 224 Å². The van der Waals surface area contributed by atoms with E-state index in [4.69, 9.17) is 28.4 Å². The Hall–Kier alpha value is -2.25. The SMILES string of the molecule is COCO[C@H]1C[C@@H]2C[C@@H](OCOC)C=C[C@]23[C@H]1[C@@H](CC#N)[C@H](C(=O)OC)[C@@H]3OC(=O)[Se]c1ccccc1. The van der Waals surface area contributed by atoms with Crippen molar-refractivity contribution < 1.29 is 38.0 Å². The third-order valence-electron chi connectivity index (χ3n) is 7.83. The van der Waals surface area contributed by atoms with Crippen molar-refractivity contribution >= 4 is 30.3 Å². The van der Waals surface area contributed by atoms with E-state index in [1.165, 1.54) is 7.11 Å². The van der Waals surface area contributed by atoms with Gasteiger partial charge in [0, 0.05) is 0 Å². The zero-order valence-corrected chi connectivity index (χ0v) is 23.0. The van der Waals surface area contributed by atoms with Gasteiger partial charge < -0.3 is 0 Å². The Morgan fingerprint density at radius 3 is 2.49 bits per heavy atom. The fraction of sp³-hybridized carbons (Fsp3) is 0.593. The Morgan fingerprint density at radius 2 is 1.81 bits per heavy atom. The van der Waals surface area contributed by atoms with Gasteiger partial charge in [-0.05, 0) is 0 Å².